The lowest BCUT2D eigenvalue weighted by molar-refractivity contribution is 0.420. The highest BCUT2D eigenvalue weighted by molar-refractivity contribution is 5.08. The summed E-state index contributed by atoms with van der Waals surface area (Å²) in [4.78, 5) is 0. The van der Waals surface area contributed by atoms with Gasteiger partial charge in [-0.3, -0.25) is 0 Å². The Morgan fingerprint density at radius 2 is 2.25 bits per heavy atom. The Hall–Kier alpha value is -0.260. The Bertz CT molecular complexity index is 153. The molecule has 0 nitrogen and oxygen atoms in total. The van der Waals surface area contributed by atoms with E-state index < -0.39 is 0 Å². The predicted molar refractivity (Wildman–Crippen MR) is 55.2 cm³/mol. The van der Waals surface area contributed by atoms with Crippen molar-refractivity contribution in [2.45, 2.75) is 52.9 Å². The van der Waals surface area contributed by atoms with Gasteiger partial charge in [0, 0.05) is 0 Å². The summed E-state index contributed by atoms with van der Waals surface area (Å²) in [5.41, 5.74) is 1.70. The summed E-state index contributed by atoms with van der Waals surface area (Å²) in [7, 11) is 0. The Morgan fingerprint density at radius 3 is 2.67 bits per heavy atom. The Morgan fingerprint density at radius 1 is 1.50 bits per heavy atom. The Kier molecular flexibility index (Phi) is 3.84. The molecule has 1 rings (SSSR count). The molecule has 1 unspecified atom stereocenters. The molecule has 0 amide bonds. The Labute approximate surface area is 77.1 Å². The molecule has 0 heterocycles. The summed E-state index contributed by atoms with van der Waals surface area (Å²) in [6.07, 6.45) is 9.44. The maximum Gasteiger partial charge on any atom is -0.0260 e. The van der Waals surface area contributed by atoms with Crippen LogP contribution < -0.4 is 0 Å². The van der Waals surface area contributed by atoms with Crippen molar-refractivity contribution in [1.29, 1.82) is 0 Å². The second kappa shape index (κ2) is 4.69. The number of rotatable bonds is 3. The normalized spacial score (nSPS) is 24.3. The molecule has 0 bridgehead atoms. The summed E-state index contributed by atoms with van der Waals surface area (Å²) in [6, 6.07) is 0. The first kappa shape index (κ1) is 9.83. The number of hydrogen-bond acceptors (Lipinski definition) is 0. The molecule has 1 aliphatic carbocycles. The first-order valence-corrected chi connectivity index (χ1v) is 5.43. The van der Waals surface area contributed by atoms with Crippen LogP contribution in [-0.4, -0.2) is 0 Å². The molecule has 0 fully saturated rings. The Balaban J connectivity index is 2.37. The molecule has 0 N–H and O–H groups in total. The summed E-state index contributed by atoms with van der Waals surface area (Å²) in [5.74, 6) is 1.78. The van der Waals surface area contributed by atoms with Crippen LogP contribution in [0, 0.1) is 11.8 Å². The number of allylic oxidation sites excluding steroid dienone is 2. The minimum absolute atomic E-state index is 0.785. The van der Waals surface area contributed by atoms with Gasteiger partial charge in [-0.1, -0.05) is 45.3 Å². The van der Waals surface area contributed by atoms with Crippen molar-refractivity contribution < 1.29 is 0 Å². The van der Waals surface area contributed by atoms with E-state index in [2.05, 4.69) is 26.8 Å². The van der Waals surface area contributed by atoms with Gasteiger partial charge < -0.3 is 0 Å². The monoisotopic (exact) mass is 166 g/mol. The average Bonchev–Trinajstić information content (AvgIpc) is 2.06. The average molecular weight is 166 g/mol. The lowest BCUT2D eigenvalue weighted by Crippen LogP contribution is -2.08. The zero-order valence-electron chi connectivity index (χ0n) is 8.77. The summed E-state index contributed by atoms with van der Waals surface area (Å²) >= 11 is 0. The maximum absolute atomic E-state index is 2.49. The van der Waals surface area contributed by atoms with E-state index in [9.17, 15) is 0 Å². The fourth-order valence-corrected chi connectivity index (χ4v) is 2.10. The van der Waals surface area contributed by atoms with Gasteiger partial charge >= 0.3 is 0 Å². The third-order valence-electron chi connectivity index (χ3n) is 2.99. The fourth-order valence-electron chi connectivity index (χ4n) is 2.10. The largest absolute Gasteiger partial charge is 0.0848 e. The van der Waals surface area contributed by atoms with E-state index in [1.165, 1.54) is 32.1 Å². The summed E-state index contributed by atoms with van der Waals surface area (Å²) in [6.45, 7) is 6.92. The van der Waals surface area contributed by atoms with Crippen molar-refractivity contribution in [3.63, 3.8) is 0 Å². The topological polar surface area (TPSA) is 0 Å². The molecule has 0 saturated heterocycles. The highest BCUT2D eigenvalue weighted by Crippen LogP contribution is 2.30. The van der Waals surface area contributed by atoms with E-state index in [-0.39, 0.29) is 0 Å². The van der Waals surface area contributed by atoms with Crippen molar-refractivity contribution in [2.75, 3.05) is 0 Å². The van der Waals surface area contributed by atoms with Crippen molar-refractivity contribution in [3.8, 4) is 0 Å². The first-order valence-electron chi connectivity index (χ1n) is 5.43. The maximum atomic E-state index is 2.49. The van der Waals surface area contributed by atoms with Crippen molar-refractivity contribution in [3.05, 3.63) is 11.6 Å². The van der Waals surface area contributed by atoms with Gasteiger partial charge in [-0.25, -0.2) is 0 Å². The summed E-state index contributed by atoms with van der Waals surface area (Å²) < 4.78 is 0. The van der Waals surface area contributed by atoms with E-state index in [0.29, 0.717) is 0 Å². The lowest BCUT2D eigenvalue weighted by atomic mass is 9.83. The van der Waals surface area contributed by atoms with Gasteiger partial charge in [-0.15, -0.1) is 0 Å². The van der Waals surface area contributed by atoms with Crippen LogP contribution in [-0.2, 0) is 0 Å². The standard InChI is InChI=1S/C12H22/c1-4-5-11-6-8-12(9-7-11)10(2)3/h8,10-11H,4-7,9H2,1-3H3. The van der Waals surface area contributed by atoms with Gasteiger partial charge in [-0.05, 0) is 31.1 Å². The van der Waals surface area contributed by atoms with E-state index >= 15 is 0 Å². The van der Waals surface area contributed by atoms with Gasteiger partial charge in [0.25, 0.3) is 0 Å². The molecule has 0 aromatic carbocycles. The van der Waals surface area contributed by atoms with Gasteiger partial charge in [0.15, 0.2) is 0 Å². The lowest BCUT2D eigenvalue weighted by Gasteiger charge is -2.23. The molecule has 0 heteroatoms. The van der Waals surface area contributed by atoms with Gasteiger partial charge in [0.05, 0.1) is 0 Å². The molecule has 12 heavy (non-hydrogen) atoms. The fraction of sp³-hybridized carbons (Fsp3) is 0.833. The molecule has 0 radical (unpaired) electrons. The van der Waals surface area contributed by atoms with Crippen molar-refractivity contribution in [1.82, 2.24) is 0 Å². The zero-order chi connectivity index (χ0) is 8.97. The van der Waals surface area contributed by atoms with Gasteiger partial charge in [-0.2, -0.15) is 0 Å². The van der Waals surface area contributed by atoms with Crippen LogP contribution in [0.4, 0.5) is 0 Å². The molecule has 0 spiro atoms. The minimum atomic E-state index is 0.785. The highest BCUT2D eigenvalue weighted by atomic mass is 14.2. The molecule has 0 aromatic heterocycles. The van der Waals surface area contributed by atoms with Crippen LogP contribution in [0.5, 0.6) is 0 Å². The molecule has 1 aliphatic rings. The molecule has 0 aliphatic heterocycles. The van der Waals surface area contributed by atoms with Gasteiger partial charge in [0.1, 0.15) is 0 Å². The highest BCUT2D eigenvalue weighted by Gasteiger charge is 2.14. The van der Waals surface area contributed by atoms with E-state index in [1.54, 1.807) is 5.57 Å². The van der Waals surface area contributed by atoms with Crippen LogP contribution in [0.1, 0.15) is 52.9 Å². The van der Waals surface area contributed by atoms with Crippen LogP contribution in [0.25, 0.3) is 0 Å². The van der Waals surface area contributed by atoms with Gasteiger partial charge in [0.2, 0.25) is 0 Å². The van der Waals surface area contributed by atoms with E-state index in [1.807, 2.05) is 0 Å². The van der Waals surface area contributed by atoms with Crippen LogP contribution in [0.3, 0.4) is 0 Å². The quantitative estimate of drug-likeness (QED) is 0.552. The van der Waals surface area contributed by atoms with Crippen LogP contribution in [0.2, 0.25) is 0 Å². The minimum Gasteiger partial charge on any atom is -0.0848 e. The molecule has 1 atom stereocenters. The zero-order valence-corrected chi connectivity index (χ0v) is 8.77. The smallest absolute Gasteiger partial charge is 0.0260 e. The third kappa shape index (κ3) is 2.66. The molecular formula is C12H22. The second-order valence-electron chi connectivity index (χ2n) is 4.36. The second-order valence-corrected chi connectivity index (χ2v) is 4.36. The van der Waals surface area contributed by atoms with E-state index in [4.69, 9.17) is 0 Å². The molecule has 0 saturated carbocycles. The van der Waals surface area contributed by atoms with Crippen LogP contribution >= 0.6 is 0 Å². The first-order chi connectivity index (χ1) is 5.74. The predicted octanol–water partition coefficient (Wildman–Crippen LogP) is 4.17. The van der Waals surface area contributed by atoms with Crippen molar-refractivity contribution >= 4 is 0 Å². The summed E-state index contributed by atoms with van der Waals surface area (Å²) in [5, 5.41) is 0. The number of hydrogen-bond donors (Lipinski definition) is 0. The molecule has 0 aromatic rings. The SMILES string of the molecule is CCCC1CC=C(C(C)C)CC1. The molecular weight excluding hydrogens is 144 g/mol. The van der Waals surface area contributed by atoms with Crippen LogP contribution in [0.15, 0.2) is 11.6 Å². The van der Waals surface area contributed by atoms with Crippen molar-refractivity contribution in [2.24, 2.45) is 11.8 Å². The molecule has 70 valence electrons. The van der Waals surface area contributed by atoms with E-state index in [0.717, 1.165) is 11.8 Å². The third-order valence-corrected chi connectivity index (χ3v) is 2.99.